The summed E-state index contributed by atoms with van der Waals surface area (Å²) in [5.41, 5.74) is 8.48. The molecule has 0 radical (unpaired) electrons. The topological polar surface area (TPSA) is 61.9 Å². The Labute approximate surface area is 159 Å². The van der Waals surface area contributed by atoms with Gasteiger partial charge in [0.15, 0.2) is 0 Å². The van der Waals surface area contributed by atoms with E-state index in [0.29, 0.717) is 11.7 Å². The minimum Gasteiger partial charge on any atom is -0.398 e. The van der Waals surface area contributed by atoms with Crippen LogP contribution in [-0.4, -0.2) is 12.3 Å². The summed E-state index contributed by atoms with van der Waals surface area (Å²) in [6.07, 6.45) is 19.9. The molecular weight excluding hydrogens is 318 g/mol. The molecule has 0 unspecified atom stereocenters. The molecule has 2 saturated carbocycles. The van der Waals surface area contributed by atoms with Gasteiger partial charge in [0.2, 0.25) is 0 Å². The van der Waals surface area contributed by atoms with Gasteiger partial charge < -0.3 is 16.5 Å². The van der Waals surface area contributed by atoms with Gasteiger partial charge in [0, 0.05) is 29.2 Å². The van der Waals surface area contributed by atoms with E-state index < -0.39 is 0 Å². The van der Waals surface area contributed by atoms with Crippen molar-refractivity contribution in [2.45, 2.75) is 89.5 Å². The summed E-state index contributed by atoms with van der Waals surface area (Å²) in [5.74, 6) is 1.98. The number of anilines is 2. The number of hydrogen-bond donors (Lipinski definition) is 3. The van der Waals surface area contributed by atoms with Gasteiger partial charge in [-0.2, -0.15) is 0 Å². The predicted molar refractivity (Wildman–Crippen MR) is 113 cm³/mol. The SMILES string of the molecule is N=Cc1cc(NC2CCC(CCCC3CCCCCC3)CC2)ccc1N. The third-order valence-electron chi connectivity index (χ3n) is 6.66. The Morgan fingerprint density at radius 3 is 2.23 bits per heavy atom. The van der Waals surface area contributed by atoms with Gasteiger partial charge in [0.25, 0.3) is 0 Å². The molecule has 0 heterocycles. The average molecular weight is 356 g/mol. The van der Waals surface area contributed by atoms with E-state index in [2.05, 4.69) is 5.32 Å². The van der Waals surface area contributed by atoms with E-state index in [1.54, 1.807) is 0 Å². The van der Waals surface area contributed by atoms with Crippen molar-refractivity contribution in [2.24, 2.45) is 11.8 Å². The molecule has 3 nitrogen and oxygen atoms in total. The van der Waals surface area contributed by atoms with E-state index in [4.69, 9.17) is 11.1 Å². The van der Waals surface area contributed by atoms with Crippen molar-refractivity contribution < 1.29 is 0 Å². The molecule has 2 aliphatic carbocycles. The molecular formula is C23H37N3. The first kappa shape index (κ1) is 19.3. The van der Waals surface area contributed by atoms with E-state index in [1.165, 1.54) is 89.7 Å². The van der Waals surface area contributed by atoms with Crippen LogP contribution >= 0.6 is 0 Å². The number of hydrogen-bond acceptors (Lipinski definition) is 3. The van der Waals surface area contributed by atoms with Crippen LogP contribution in [0.5, 0.6) is 0 Å². The molecule has 0 bridgehead atoms. The molecule has 4 N–H and O–H groups in total. The van der Waals surface area contributed by atoms with Gasteiger partial charge in [0.1, 0.15) is 0 Å². The van der Waals surface area contributed by atoms with Crippen LogP contribution in [0.25, 0.3) is 0 Å². The Kier molecular flexibility index (Phi) is 7.40. The van der Waals surface area contributed by atoms with Crippen molar-refractivity contribution in [3.63, 3.8) is 0 Å². The van der Waals surface area contributed by atoms with Crippen LogP contribution < -0.4 is 11.1 Å². The summed E-state index contributed by atoms with van der Waals surface area (Å²) in [6, 6.07) is 6.53. The number of nitrogens with one attached hydrogen (secondary N) is 2. The smallest absolute Gasteiger partial charge is 0.0404 e. The minimum atomic E-state index is 0.579. The zero-order valence-electron chi connectivity index (χ0n) is 16.3. The van der Waals surface area contributed by atoms with Gasteiger partial charge in [0.05, 0.1) is 0 Å². The molecule has 0 amide bonds. The summed E-state index contributed by atoms with van der Waals surface area (Å²) >= 11 is 0. The Bertz CT molecular complexity index is 553. The van der Waals surface area contributed by atoms with Crippen LogP contribution in [0.2, 0.25) is 0 Å². The van der Waals surface area contributed by atoms with Crippen LogP contribution in [0.4, 0.5) is 11.4 Å². The van der Waals surface area contributed by atoms with Crippen LogP contribution in [0.15, 0.2) is 18.2 Å². The lowest BCUT2D eigenvalue weighted by Crippen LogP contribution is -2.26. The van der Waals surface area contributed by atoms with Crippen molar-refractivity contribution in [1.82, 2.24) is 0 Å². The van der Waals surface area contributed by atoms with Crippen LogP contribution in [0.1, 0.15) is 89.0 Å². The monoisotopic (exact) mass is 355 g/mol. The summed E-state index contributed by atoms with van der Waals surface area (Å²) in [4.78, 5) is 0. The maximum Gasteiger partial charge on any atom is 0.0404 e. The molecule has 0 spiro atoms. The zero-order valence-corrected chi connectivity index (χ0v) is 16.3. The largest absolute Gasteiger partial charge is 0.398 e. The Balaban J connectivity index is 1.35. The highest BCUT2D eigenvalue weighted by Crippen LogP contribution is 2.32. The number of nitrogens with two attached hydrogens (primary N) is 1. The van der Waals surface area contributed by atoms with Crippen molar-refractivity contribution >= 4 is 17.6 Å². The standard InChI is InChI=1S/C23H37N3/c24-17-20-16-22(14-15-23(20)25)26-21-12-10-19(11-13-21)9-5-8-18-6-3-1-2-4-7-18/h14-19,21,24,26H,1-13,25H2. The molecule has 0 saturated heterocycles. The summed E-state index contributed by atoms with van der Waals surface area (Å²) in [5, 5.41) is 11.1. The normalized spacial score (nSPS) is 24.8. The first-order valence-electron chi connectivity index (χ1n) is 10.9. The molecule has 2 aliphatic rings. The van der Waals surface area contributed by atoms with Crippen molar-refractivity contribution in [3.05, 3.63) is 23.8 Å². The molecule has 3 rings (SSSR count). The zero-order chi connectivity index (χ0) is 18.2. The molecule has 1 aromatic carbocycles. The maximum absolute atomic E-state index is 7.44. The highest BCUT2D eigenvalue weighted by atomic mass is 14.9. The quantitative estimate of drug-likeness (QED) is 0.302. The number of nitrogen functional groups attached to an aromatic ring is 1. The summed E-state index contributed by atoms with van der Waals surface area (Å²) < 4.78 is 0. The van der Waals surface area contributed by atoms with E-state index in [9.17, 15) is 0 Å². The third-order valence-corrected chi connectivity index (χ3v) is 6.66. The second-order valence-corrected chi connectivity index (χ2v) is 8.64. The molecule has 1 aromatic rings. The van der Waals surface area contributed by atoms with Gasteiger partial charge in [-0.05, 0) is 55.7 Å². The van der Waals surface area contributed by atoms with Crippen LogP contribution in [0.3, 0.4) is 0 Å². The fraction of sp³-hybridized carbons (Fsp3) is 0.696. The molecule has 0 aliphatic heterocycles. The molecule has 0 atom stereocenters. The van der Waals surface area contributed by atoms with Gasteiger partial charge in [-0.3, -0.25) is 0 Å². The van der Waals surface area contributed by atoms with Gasteiger partial charge in [-0.15, -0.1) is 0 Å². The average Bonchev–Trinajstić information content (AvgIpc) is 2.93. The van der Waals surface area contributed by atoms with E-state index in [1.807, 2.05) is 18.2 Å². The predicted octanol–water partition coefficient (Wildman–Crippen LogP) is 6.38. The van der Waals surface area contributed by atoms with Gasteiger partial charge in [-0.25, -0.2) is 0 Å². The molecule has 144 valence electrons. The van der Waals surface area contributed by atoms with E-state index in [0.717, 1.165) is 23.1 Å². The van der Waals surface area contributed by atoms with E-state index >= 15 is 0 Å². The van der Waals surface area contributed by atoms with Crippen molar-refractivity contribution in [1.29, 1.82) is 5.41 Å². The van der Waals surface area contributed by atoms with Crippen LogP contribution in [-0.2, 0) is 0 Å². The fourth-order valence-electron chi connectivity index (χ4n) is 4.97. The highest BCUT2D eigenvalue weighted by molar-refractivity contribution is 5.86. The first-order valence-corrected chi connectivity index (χ1v) is 10.9. The number of benzene rings is 1. The Hall–Kier alpha value is -1.51. The fourth-order valence-corrected chi connectivity index (χ4v) is 4.97. The lowest BCUT2D eigenvalue weighted by molar-refractivity contribution is 0.299. The van der Waals surface area contributed by atoms with Crippen molar-refractivity contribution in [2.75, 3.05) is 11.1 Å². The second kappa shape index (κ2) is 9.99. The van der Waals surface area contributed by atoms with Gasteiger partial charge >= 0.3 is 0 Å². The van der Waals surface area contributed by atoms with Crippen molar-refractivity contribution in [3.8, 4) is 0 Å². The maximum atomic E-state index is 7.44. The summed E-state index contributed by atoms with van der Waals surface area (Å²) in [7, 11) is 0. The Morgan fingerprint density at radius 2 is 1.58 bits per heavy atom. The highest BCUT2D eigenvalue weighted by Gasteiger charge is 2.21. The molecule has 26 heavy (non-hydrogen) atoms. The minimum absolute atomic E-state index is 0.579. The molecule has 2 fully saturated rings. The van der Waals surface area contributed by atoms with Crippen LogP contribution in [0, 0.1) is 17.2 Å². The third kappa shape index (κ3) is 5.75. The lowest BCUT2D eigenvalue weighted by atomic mass is 9.82. The first-order chi connectivity index (χ1) is 12.7. The second-order valence-electron chi connectivity index (χ2n) is 8.64. The summed E-state index contributed by atoms with van der Waals surface area (Å²) in [6.45, 7) is 0. The molecule has 0 aromatic heterocycles. The van der Waals surface area contributed by atoms with Gasteiger partial charge in [-0.1, -0.05) is 57.8 Å². The van der Waals surface area contributed by atoms with E-state index in [-0.39, 0.29) is 0 Å². The Morgan fingerprint density at radius 1 is 0.923 bits per heavy atom. The number of rotatable bonds is 7. The lowest BCUT2D eigenvalue weighted by Gasteiger charge is -2.30. The molecule has 3 heteroatoms.